The van der Waals surface area contributed by atoms with Gasteiger partial charge in [0.25, 0.3) is 5.91 Å². The molecular formula is C13H11FN2OS. The third kappa shape index (κ3) is 2.87. The fourth-order valence-corrected chi connectivity index (χ4v) is 2.00. The lowest BCUT2D eigenvalue weighted by atomic mass is 10.2. The minimum atomic E-state index is -0.334. The van der Waals surface area contributed by atoms with Crippen molar-refractivity contribution < 1.29 is 9.18 Å². The average molecular weight is 262 g/mol. The molecule has 0 radical (unpaired) electrons. The molecule has 0 saturated heterocycles. The predicted molar refractivity (Wildman–Crippen MR) is 70.4 cm³/mol. The molecular weight excluding hydrogens is 251 g/mol. The quantitative estimate of drug-likeness (QED) is 0.864. The normalized spacial score (nSPS) is 10.1. The van der Waals surface area contributed by atoms with Gasteiger partial charge in [-0.05, 0) is 42.7 Å². The highest BCUT2D eigenvalue weighted by molar-refractivity contribution is 7.98. The Kier molecular flexibility index (Phi) is 3.94. The van der Waals surface area contributed by atoms with Gasteiger partial charge < -0.3 is 5.32 Å². The van der Waals surface area contributed by atoms with Crippen molar-refractivity contribution in [2.45, 2.75) is 5.03 Å². The van der Waals surface area contributed by atoms with Gasteiger partial charge in [0, 0.05) is 11.9 Å². The lowest BCUT2D eigenvalue weighted by Gasteiger charge is -2.07. The Morgan fingerprint density at radius 1 is 1.28 bits per heavy atom. The lowest BCUT2D eigenvalue weighted by Crippen LogP contribution is -2.13. The number of hydrogen-bond donors (Lipinski definition) is 1. The number of anilines is 1. The van der Waals surface area contributed by atoms with Gasteiger partial charge in [0.2, 0.25) is 0 Å². The highest BCUT2D eigenvalue weighted by atomic mass is 32.2. The fourth-order valence-electron chi connectivity index (χ4n) is 1.46. The molecule has 1 amide bonds. The van der Waals surface area contributed by atoms with Crippen molar-refractivity contribution in [2.75, 3.05) is 11.6 Å². The second-order valence-corrected chi connectivity index (χ2v) is 4.32. The van der Waals surface area contributed by atoms with Crippen LogP contribution < -0.4 is 5.32 Å². The maximum atomic E-state index is 12.7. The number of carbonyl (C=O) groups excluding carboxylic acids is 1. The van der Waals surface area contributed by atoms with Gasteiger partial charge in [-0.3, -0.25) is 4.79 Å². The maximum Gasteiger partial charge on any atom is 0.258 e. The lowest BCUT2D eigenvalue weighted by molar-refractivity contribution is 0.102. The van der Waals surface area contributed by atoms with E-state index >= 15 is 0 Å². The molecule has 0 fully saturated rings. The molecule has 1 aromatic carbocycles. The van der Waals surface area contributed by atoms with Gasteiger partial charge in [0.05, 0.1) is 5.56 Å². The van der Waals surface area contributed by atoms with Crippen molar-refractivity contribution in [1.29, 1.82) is 0 Å². The van der Waals surface area contributed by atoms with Crippen molar-refractivity contribution >= 4 is 23.4 Å². The number of thioether (sulfide) groups is 1. The summed E-state index contributed by atoms with van der Waals surface area (Å²) in [5, 5.41) is 3.37. The van der Waals surface area contributed by atoms with Crippen LogP contribution in [-0.2, 0) is 0 Å². The number of amides is 1. The maximum absolute atomic E-state index is 12.7. The molecule has 0 aliphatic heterocycles. The Bertz CT molecular complexity index is 557. The van der Waals surface area contributed by atoms with Crippen LogP contribution in [0, 0.1) is 5.82 Å². The highest BCUT2D eigenvalue weighted by Crippen LogP contribution is 2.18. The van der Waals surface area contributed by atoms with Crippen LogP contribution in [0.2, 0.25) is 0 Å². The number of nitrogens with one attached hydrogen (secondary N) is 1. The summed E-state index contributed by atoms with van der Waals surface area (Å²) in [4.78, 5) is 16.1. The zero-order valence-electron chi connectivity index (χ0n) is 9.68. The van der Waals surface area contributed by atoms with Crippen LogP contribution in [0.5, 0.6) is 0 Å². The van der Waals surface area contributed by atoms with E-state index in [1.165, 1.54) is 36.0 Å². The van der Waals surface area contributed by atoms with Gasteiger partial charge in [-0.15, -0.1) is 11.8 Å². The molecule has 0 bridgehead atoms. The van der Waals surface area contributed by atoms with E-state index < -0.39 is 0 Å². The summed E-state index contributed by atoms with van der Waals surface area (Å²) in [6.07, 6.45) is 3.50. The molecule has 0 aliphatic carbocycles. The molecule has 1 aromatic heterocycles. The summed E-state index contributed by atoms with van der Waals surface area (Å²) in [6, 6.07) is 9.05. The summed E-state index contributed by atoms with van der Waals surface area (Å²) in [5.74, 6) is -0.585. The smallest absolute Gasteiger partial charge is 0.258 e. The van der Waals surface area contributed by atoms with E-state index in [-0.39, 0.29) is 11.7 Å². The van der Waals surface area contributed by atoms with E-state index in [0.717, 1.165) is 0 Å². The molecule has 0 unspecified atom stereocenters. The summed E-state index contributed by atoms with van der Waals surface area (Å²) >= 11 is 1.40. The topological polar surface area (TPSA) is 42.0 Å². The van der Waals surface area contributed by atoms with Crippen LogP contribution in [0.25, 0.3) is 0 Å². The molecule has 18 heavy (non-hydrogen) atoms. The van der Waals surface area contributed by atoms with E-state index in [9.17, 15) is 9.18 Å². The molecule has 2 rings (SSSR count). The van der Waals surface area contributed by atoms with Crippen molar-refractivity contribution in [2.24, 2.45) is 0 Å². The molecule has 2 aromatic rings. The molecule has 1 N–H and O–H groups in total. The highest BCUT2D eigenvalue weighted by Gasteiger charge is 2.11. The summed E-state index contributed by atoms with van der Waals surface area (Å²) in [5.41, 5.74) is 1.06. The van der Waals surface area contributed by atoms with E-state index in [1.54, 1.807) is 18.3 Å². The second-order valence-electron chi connectivity index (χ2n) is 3.52. The number of halogens is 1. The molecule has 0 atom stereocenters. The minimum absolute atomic E-state index is 0.251. The van der Waals surface area contributed by atoms with Crippen LogP contribution in [-0.4, -0.2) is 17.1 Å². The van der Waals surface area contributed by atoms with Crippen LogP contribution >= 0.6 is 11.8 Å². The van der Waals surface area contributed by atoms with Gasteiger partial charge in [-0.2, -0.15) is 0 Å². The van der Waals surface area contributed by atoms with Crippen LogP contribution in [0.4, 0.5) is 10.1 Å². The number of benzene rings is 1. The van der Waals surface area contributed by atoms with Crippen molar-refractivity contribution in [3.63, 3.8) is 0 Å². The molecule has 3 nitrogen and oxygen atoms in total. The van der Waals surface area contributed by atoms with Gasteiger partial charge >= 0.3 is 0 Å². The van der Waals surface area contributed by atoms with Crippen molar-refractivity contribution in [3.8, 4) is 0 Å². The van der Waals surface area contributed by atoms with Gasteiger partial charge in [0.15, 0.2) is 0 Å². The largest absolute Gasteiger partial charge is 0.322 e. The number of carbonyl (C=O) groups is 1. The van der Waals surface area contributed by atoms with Crippen molar-refractivity contribution in [3.05, 3.63) is 54.0 Å². The number of rotatable bonds is 3. The van der Waals surface area contributed by atoms with Crippen LogP contribution in [0.1, 0.15) is 10.4 Å². The molecule has 0 saturated carbocycles. The Morgan fingerprint density at radius 3 is 2.67 bits per heavy atom. The van der Waals surface area contributed by atoms with E-state index in [1.807, 2.05) is 6.26 Å². The van der Waals surface area contributed by atoms with Gasteiger partial charge in [0.1, 0.15) is 10.8 Å². The molecule has 0 aliphatic rings. The summed E-state index contributed by atoms with van der Waals surface area (Å²) in [7, 11) is 0. The second kappa shape index (κ2) is 5.64. The van der Waals surface area contributed by atoms with Crippen LogP contribution in [0.15, 0.2) is 47.6 Å². The molecule has 92 valence electrons. The summed E-state index contributed by atoms with van der Waals surface area (Å²) in [6.45, 7) is 0. The van der Waals surface area contributed by atoms with E-state index in [4.69, 9.17) is 0 Å². The van der Waals surface area contributed by atoms with Crippen LogP contribution in [0.3, 0.4) is 0 Å². The standard InChI is InChI=1S/C13H11FN2OS/c1-18-13-11(3-2-8-15-13)12(17)16-10-6-4-9(14)5-7-10/h2-8H,1H3,(H,16,17). The number of nitrogens with zero attached hydrogens (tertiary/aromatic N) is 1. The Balaban J connectivity index is 2.19. The van der Waals surface area contributed by atoms with Gasteiger partial charge in [-0.25, -0.2) is 9.37 Å². The van der Waals surface area contributed by atoms with Gasteiger partial charge in [-0.1, -0.05) is 0 Å². The Morgan fingerprint density at radius 2 is 2.00 bits per heavy atom. The average Bonchev–Trinajstić information content (AvgIpc) is 2.41. The number of hydrogen-bond acceptors (Lipinski definition) is 3. The first-order valence-corrected chi connectivity index (χ1v) is 6.49. The first kappa shape index (κ1) is 12.6. The molecule has 0 spiro atoms. The molecule has 1 heterocycles. The zero-order valence-corrected chi connectivity index (χ0v) is 10.5. The first-order valence-electron chi connectivity index (χ1n) is 5.26. The number of aromatic nitrogens is 1. The Hall–Kier alpha value is -1.88. The van der Waals surface area contributed by atoms with E-state index in [2.05, 4.69) is 10.3 Å². The van der Waals surface area contributed by atoms with E-state index in [0.29, 0.717) is 16.3 Å². The SMILES string of the molecule is CSc1ncccc1C(=O)Nc1ccc(F)cc1. The molecule has 5 heteroatoms. The first-order chi connectivity index (χ1) is 8.70. The Labute approximate surface area is 108 Å². The number of pyridine rings is 1. The third-order valence-electron chi connectivity index (χ3n) is 2.31. The van der Waals surface area contributed by atoms with Crippen molar-refractivity contribution in [1.82, 2.24) is 4.98 Å². The monoisotopic (exact) mass is 262 g/mol. The zero-order chi connectivity index (χ0) is 13.0. The third-order valence-corrected chi connectivity index (χ3v) is 3.02. The fraction of sp³-hybridized carbons (Fsp3) is 0.0769. The summed E-state index contributed by atoms with van der Waals surface area (Å²) < 4.78 is 12.7. The minimum Gasteiger partial charge on any atom is -0.322 e. The predicted octanol–water partition coefficient (Wildman–Crippen LogP) is 3.19.